The number of carbonyl (C=O) groups is 2. The van der Waals surface area contributed by atoms with Crippen LogP contribution < -0.4 is 4.90 Å². The number of nitrogens with zero attached hydrogens (tertiary/aromatic N) is 3. The van der Waals surface area contributed by atoms with Crippen molar-refractivity contribution < 1.29 is 45.8 Å². The van der Waals surface area contributed by atoms with E-state index in [0.717, 1.165) is 54.1 Å². The summed E-state index contributed by atoms with van der Waals surface area (Å²) in [7, 11) is 0. The van der Waals surface area contributed by atoms with E-state index in [0.29, 0.717) is 32.4 Å². The number of hydrogen-bond acceptors (Lipinski definition) is 5. The minimum atomic E-state index is -5.75. The first kappa shape index (κ1) is 29.3. The van der Waals surface area contributed by atoms with Crippen molar-refractivity contribution in [2.75, 3.05) is 37.6 Å². The number of benzene rings is 1. The summed E-state index contributed by atoms with van der Waals surface area (Å²) < 4.78 is 80.9. The molecule has 0 aliphatic carbocycles. The van der Waals surface area contributed by atoms with Gasteiger partial charge in [-0.15, -0.1) is 0 Å². The van der Waals surface area contributed by atoms with E-state index in [2.05, 4.69) is 20.6 Å². The predicted molar refractivity (Wildman–Crippen MR) is 129 cm³/mol. The van der Waals surface area contributed by atoms with Crippen LogP contribution in [0.1, 0.15) is 49.7 Å². The van der Waals surface area contributed by atoms with Crippen LogP contribution in [0.15, 0.2) is 18.2 Å². The monoisotopic (exact) mass is 565 g/mol. The van der Waals surface area contributed by atoms with Gasteiger partial charge in [-0.3, -0.25) is 9.69 Å². The maximum atomic E-state index is 12.8. The Labute approximate surface area is 222 Å². The zero-order valence-corrected chi connectivity index (χ0v) is 21.7. The number of amides is 1. The highest BCUT2D eigenvalue weighted by Gasteiger charge is 2.60. The molecule has 1 N–H and O–H groups in total. The lowest BCUT2D eigenvalue weighted by Gasteiger charge is -2.45. The highest BCUT2D eigenvalue weighted by molar-refractivity contribution is 5.71. The van der Waals surface area contributed by atoms with Crippen molar-refractivity contribution in [1.29, 1.82) is 0 Å². The summed E-state index contributed by atoms with van der Waals surface area (Å²) in [6.07, 6.45) is -13.4. The highest BCUT2D eigenvalue weighted by Crippen LogP contribution is 2.42. The van der Waals surface area contributed by atoms with E-state index in [1.807, 2.05) is 19.1 Å². The molecule has 1 amide bonds. The second kappa shape index (κ2) is 11.1. The van der Waals surface area contributed by atoms with E-state index in [-0.39, 0.29) is 18.6 Å². The molecule has 4 rings (SSSR count). The number of rotatable bonds is 5. The van der Waals surface area contributed by atoms with Gasteiger partial charge in [-0.25, -0.2) is 4.79 Å². The number of ether oxygens (including phenoxy) is 1. The van der Waals surface area contributed by atoms with Crippen LogP contribution in [0.3, 0.4) is 0 Å². The molecule has 3 aliphatic rings. The molecule has 39 heavy (non-hydrogen) atoms. The lowest BCUT2D eigenvalue weighted by molar-refractivity contribution is -0.308. The van der Waals surface area contributed by atoms with E-state index >= 15 is 0 Å². The average molecular weight is 566 g/mol. The Bertz CT molecular complexity index is 1040. The third-order valence-electron chi connectivity index (χ3n) is 8.22. The number of aliphatic carboxylic acids is 1. The molecule has 3 aliphatic heterocycles. The standard InChI is InChI=1S/C26H33F6N3O4/c1-17-5-6-18(20(14-17)34-10-2-4-19(15-34)21(36)37)16-35-11-3-7-24(35)8-12-33(13-9-24)23(38)39-22(25(27,28)29)26(30,31)32/h5-6,14,19,22H,2-4,7-13,15-16H2,1H3,(H,36,37)/t19-/m0/s1. The first-order chi connectivity index (χ1) is 18.2. The number of carboxylic acid groups (broad SMARTS) is 1. The number of aryl methyl sites for hydroxylation is 1. The number of anilines is 1. The summed E-state index contributed by atoms with van der Waals surface area (Å²) in [6, 6.07) is 6.08. The molecule has 1 spiro atoms. The molecule has 7 nitrogen and oxygen atoms in total. The Hall–Kier alpha value is -2.70. The van der Waals surface area contributed by atoms with Gasteiger partial charge in [0.15, 0.2) is 0 Å². The largest absolute Gasteiger partial charge is 0.481 e. The van der Waals surface area contributed by atoms with E-state index in [9.17, 15) is 41.0 Å². The fourth-order valence-corrected chi connectivity index (χ4v) is 6.11. The van der Waals surface area contributed by atoms with E-state index in [1.165, 1.54) is 0 Å². The molecule has 0 saturated carbocycles. The Morgan fingerprint density at radius 2 is 1.69 bits per heavy atom. The number of hydrogen-bond donors (Lipinski definition) is 1. The van der Waals surface area contributed by atoms with Crippen LogP contribution in [0.25, 0.3) is 0 Å². The average Bonchev–Trinajstić information content (AvgIpc) is 3.23. The molecular weight excluding hydrogens is 532 g/mol. The van der Waals surface area contributed by atoms with Crippen LogP contribution in [0.4, 0.5) is 36.8 Å². The van der Waals surface area contributed by atoms with Crippen LogP contribution in [0.2, 0.25) is 0 Å². The molecule has 0 bridgehead atoms. The lowest BCUT2D eigenvalue weighted by Crippen LogP contribution is -2.54. The molecule has 1 atom stereocenters. The first-order valence-corrected chi connectivity index (χ1v) is 13.1. The van der Waals surface area contributed by atoms with Crippen molar-refractivity contribution in [2.24, 2.45) is 5.92 Å². The van der Waals surface area contributed by atoms with Gasteiger partial charge in [0.05, 0.1) is 5.92 Å². The Morgan fingerprint density at radius 1 is 1.03 bits per heavy atom. The lowest BCUT2D eigenvalue weighted by atomic mass is 9.84. The summed E-state index contributed by atoms with van der Waals surface area (Å²) in [4.78, 5) is 29.2. The minimum absolute atomic E-state index is 0.00899. The van der Waals surface area contributed by atoms with Crippen molar-refractivity contribution in [2.45, 2.75) is 76.0 Å². The normalized spacial score (nSPS) is 22.5. The highest BCUT2D eigenvalue weighted by atomic mass is 19.4. The van der Waals surface area contributed by atoms with Crippen molar-refractivity contribution in [3.05, 3.63) is 29.3 Å². The van der Waals surface area contributed by atoms with Crippen molar-refractivity contribution in [3.63, 3.8) is 0 Å². The summed E-state index contributed by atoms with van der Waals surface area (Å²) in [5.74, 6) is -1.25. The number of halogens is 6. The summed E-state index contributed by atoms with van der Waals surface area (Å²) in [5.41, 5.74) is 2.73. The Balaban J connectivity index is 1.44. The molecule has 1 aromatic rings. The second-order valence-electron chi connectivity index (χ2n) is 10.8. The molecule has 1 aromatic carbocycles. The maximum Gasteiger partial charge on any atom is 0.434 e. The smallest absolute Gasteiger partial charge is 0.434 e. The number of alkyl halides is 6. The SMILES string of the molecule is Cc1ccc(CN2CCCC23CCN(C(=O)OC(C(F)(F)F)C(F)(F)F)CC3)c(N2CCC[C@H](C(=O)O)C2)c1. The topological polar surface area (TPSA) is 73.3 Å². The summed E-state index contributed by atoms with van der Waals surface area (Å²) in [5, 5.41) is 9.53. The van der Waals surface area contributed by atoms with E-state index < -0.39 is 36.4 Å². The van der Waals surface area contributed by atoms with Gasteiger partial charge in [-0.05, 0) is 69.2 Å². The molecular formula is C26H33F6N3O4. The third-order valence-corrected chi connectivity index (χ3v) is 8.22. The van der Waals surface area contributed by atoms with Gasteiger partial charge in [-0.2, -0.15) is 26.3 Å². The fraction of sp³-hybridized carbons (Fsp3) is 0.692. The molecule has 0 unspecified atom stereocenters. The van der Waals surface area contributed by atoms with Crippen LogP contribution in [0, 0.1) is 12.8 Å². The Morgan fingerprint density at radius 3 is 2.31 bits per heavy atom. The molecule has 13 heteroatoms. The first-order valence-electron chi connectivity index (χ1n) is 13.1. The Kier molecular flexibility index (Phi) is 8.30. The van der Waals surface area contributed by atoms with Crippen LogP contribution in [-0.2, 0) is 16.1 Å². The second-order valence-corrected chi connectivity index (χ2v) is 10.8. The van der Waals surface area contributed by atoms with Gasteiger partial charge in [0, 0.05) is 44.0 Å². The maximum absolute atomic E-state index is 12.8. The predicted octanol–water partition coefficient (Wildman–Crippen LogP) is 5.36. The van der Waals surface area contributed by atoms with Crippen LogP contribution in [0.5, 0.6) is 0 Å². The van der Waals surface area contributed by atoms with E-state index in [1.54, 1.807) is 0 Å². The summed E-state index contributed by atoms with van der Waals surface area (Å²) in [6.45, 7) is 4.46. The van der Waals surface area contributed by atoms with Crippen molar-refractivity contribution >= 4 is 17.7 Å². The van der Waals surface area contributed by atoms with E-state index in [4.69, 9.17) is 0 Å². The quantitative estimate of drug-likeness (QED) is 0.485. The van der Waals surface area contributed by atoms with Gasteiger partial charge < -0.3 is 19.6 Å². The fourth-order valence-electron chi connectivity index (χ4n) is 6.11. The van der Waals surface area contributed by atoms with Gasteiger partial charge in [0.2, 0.25) is 0 Å². The molecule has 3 heterocycles. The number of carbonyl (C=O) groups excluding carboxylic acids is 1. The zero-order valence-electron chi connectivity index (χ0n) is 21.7. The zero-order chi connectivity index (χ0) is 28.6. The van der Waals surface area contributed by atoms with Gasteiger partial charge in [0.25, 0.3) is 6.10 Å². The van der Waals surface area contributed by atoms with Crippen LogP contribution in [-0.4, -0.2) is 83.7 Å². The third kappa shape index (κ3) is 6.55. The number of piperidine rings is 2. The summed E-state index contributed by atoms with van der Waals surface area (Å²) >= 11 is 0. The van der Waals surface area contributed by atoms with Gasteiger partial charge in [-0.1, -0.05) is 12.1 Å². The molecule has 0 aromatic heterocycles. The molecule has 3 fully saturated rings. The molecule has 0 radical (unpaired) electrons. The molecule has 3 saturated heterocycles. The van der Waals surface area contributed by atoms with Crippen molar-refractivity contribution in [1.82, 2.24) is 9.80 Å². The van der Waals surface area contributed by atoms with Crippen LogP contribution >= 0.6 is 0 Å². The van der Waals surface area contributed by atoms with Gasteiger partial charge in [0.1, 0.15) is 0 Å². The number of likely N-dealkylation sites (tertiary alicyclic amines) is 2. The van der Waals surface area contributed by atoms with Crippen molar-refractivity contribution in [3.8, 4) is 0 Å². The number of carboxylic acids is 1. The van der Waals surface area contributed by atoms with Gasteiger partial charge >= 0.3 is 24.4 Å². The molecule has 218 valence electrons. The minimum Gasteiger partial charge on any atom is -0.481 e.